The van der Waals surface area contributed by atoms with Crippen LogP contribution in [0.3, 0.4) is 0 Å². The van der Waals surface area contributed by atoms with E-state index in [1.807, 2.05) is 6.07 Å². The number of nitrogens with two attached hydrogens (primary N) is 1. The number of methoxy groups -OCH3 is 1. The molecule has 16 heavy (non-hydrogen) atoms. The summed E-state index contributed by atoms with van der Waals surface area (Å²) >= 11 is 0. The largest absolute Gasteiger partial charge is 0.496 e. The molecule has 0 aromatic heterocycles. The van der Waals surface area contributed by atoms with Gasteiger partial charge in [0.25, 0.3) is 0 Å². The first-order valence-corrected chi connectivity index (χ1v) is 5.10. The van der Waals surface area contributed by atoms with Crippen LogP contribution in [0.1, 0.15) is 18.0 Å². The second-order valence-corrected chi connectivity index (χ2v) is 3.57. The number of aliphatic hydroxyl groups is 1. The summed E-state index contributed by atoms with van der Waals surface area (Å²) in [7, 11) is 1.58. The van der Waals surface area contributed by atoms with Crippen LogP contribution in [0.25, 0.3) is 0 Å². The van der Waals surface area contributed by atoms with Crippen molar-refractivity contribution in [1.29, 1.82) is 0 Å². The number of ether oxygens (including phenoxy) is 3. The highest BCUT2D eigenvalue weighted by Gasteiger charge is 2.20. The molecule has 1 aliphatic rings. The van der Waals surface area contributed by atoms with Crippen LogP contribution in [0.15, 0.2) is 12.1 Å². The first-order chi connectivity index (χ1) is 7.76. The summed E-state index contributed by atoms with van der Waals surface area (Å²) in [5.41, 5.74) is 6.76. The van der Waals surface area contributed by atoms with Gasteiger partial charge in [0.1, 0.15) is 5.75 Å². The lowest BCUT2D eigenvalue weighted by molar-refractivity contribution is 0.174. The summed E-state index contributed by atoms with van der Waals surface area (Å²) in [6.45, 7) is 0.260. The minimum absolute atomic E-state index is 0.0404. The molecule has 1 heterocycles. The molecular formula is C11H15NO4. The average molecular weight is 225 g/mol. The van der Waals surface area contributed by atoms with Gasteiger partial charge in [-0.3, -0.25) is 0 Å². The Bertz CT molecular complexity index is 380. The van der Waals surface area contributed by atoms with Crippen molar-refractivity contribution in [3.8, 4) is 17.2 Å². The van der Waals surface area contributed by atoms with Crippen LogP contribution >= 0.6 is 0 Å². The van der Waals surface area contributed by atoms with Crippen molar-refractivity contribution in [2.45, 2.75) is 12.5 Å². The quantitative estimate of drug-likeness (QED) is 0.793. The molecule has 1 aromatic rings. The molecule has 0 fully saturated rings. The molecule has 0 spiro atoms. The lowest BCUT2D eigenvalue weighted by Gasteiger charge is -2.15. The zero-order valence-corrected chi connectivity index (χ0v) is 9.10. The molecule has 88 valence electrons. The van der Waals surface area contributed by atoms with Crippen LogP contribution in [0.2, 0.25) is 0 Å². The Balaban J connectivity index is 2.35. The van der Waals surface area contributed by atoms with Gasteiger partial charge in [-0.05, 0) is 12.5 Å². The minimum Gasteiger partial charge on any atom is -0.496 e. The minimum atomic E-state index is -0.269. The molecule has 0 radical (unpaired) electrons. The fourth-order valence-electron chi connectivity index (χ4n) is 1.70. The summed E-state index contributed by atoms with van der Waals surface area (Å²) in [6, 6.07) is 3.30. The fraction of sp³-hybridized carbons (Fsp3) is 0.455. The molecule has 0 saturated heterocycles. The van der Waals surface area contributed by atoms with Gasteiger partial charge in [0.15, 0.2) is 11.5 Å². The van der Waals surface area contributed by atoms with E-state index in [2.05, 4.69) is 0 Å². The smallest absolute Gasteiger partial charge is 0.231 e. The topological polar surface area (TPSA) is 73.9 Å². The Hall–Kier alpha value is -1.46. The van der Waals surface area contributed by atoms with E-state index in [0.29, 0.717) is 23.7 Å². The van der Waals surface area contributed by atoms with E-state index in [4.69, 9.17) is 25.1 Å². The maximum Gasteiger partial charge on any atom is 0.231 e. The van der Waals surface area contributed by atoms with Gasteiger partial charge in [0.05, 0.1) is 7.11 Å². The van der Waals surface area contributed by atoms with E-state index in [-0.39, 0.29) is 19.4 Å². The summed E-state index contributed by atoms with van der Waals surface area (Å²) in [4.78, 5) is 0. The number of hydrogen-bond acceptors (Lipinski definition) is 5. The van der Waals surface area contributed by atoms with Gasteiger partial charge in [-0.15, -0.1) is 0 Å². The molecule has 3 N–H and O–H groups in total. The molecule has 2 rings (SSSR count). The molecule has 1 atom stereocenters. The predicted octanol–water partition coefficient (Wildman–Crippen LogP) is 0.806. The van der Waals surface area contributed by atoms with Crippen LogP contribution in [0.5, 0.6) is 17.2 Å². The molecular weight excluding hydrogens is 210 g/mol. The number of aliphatic hydroxyl groups excluding tert-OH is 1. The van der Waals surface area contributed by atoms with E-state index >= 15 is 0 Å². The molecule has 0 bridgehead atoms. The highest BCUT2D eigenvalue weighted by molar-refractivity contribution is 5.52. The van der Waals surface area contributed by atoms with Crippen molar-refractivity contribution in [3.63, 3.8) is 0 Å². The maximum atomic E-state index is 8.88. The average Bonchev–Trinajstić information content (AvgIpc) is 2.74. The standard InChI is InChI=1S/C11H15NO4/c1-14-9-5-11-10(15-6-16-11)4-7(9)8(12)2-3-13/h4-5,8,13H,2-3,6,12H2,1H3. The van der Waals surface area contributed by atoms with Gasteiger partial charge >= 0.3 is 0 Å². The SMILES string of the molecule is COc1cc2c(cc1C(N)CCO)OCO2. The predicted molar refractivity (Wildman–Crippen MR) is 57.7 cm³/mol. The lowest BCUT2D eigenvalue weighted by Crippen LogP contribution is -2.13. The Kier molecular flexibility index (Phi) is 3.17. The highest BCUT2D eigenvalue weighted by atomic mass is 16.7. The van der Waals surface area contributed by atoms with E-state index in [1.54, 1.807) is 13.2 Å². The molecule has 5 heteroatoms. The first-order valence-electron chi connectivity index (χ1n) is 5.10. The molecule has 0 saturated carbocycles. The Labute approximate surface area is 93.7 Å². The second kappa shape index (κ2) is 4.59. The maximum absolute atomic E-state index is 8.88. The van der Waals surface area contributed by atoms with Crippen molar-refractivity contribution in [2.75, 3.05) is 20.5 Å². The Morgan fingerprint density at radius 2 is 2.12 bits per heavy atom. The molecule has 1 aromatic carbocycles. The van der Waals surface area contributed by atoms with Gasteiger partial charge in [0, 0.05) is 24.3 Å². The number of fused-ring (bicyclic) bond motifs is 1. The van der Waals surface area contributed by atoms with Crippen molar-refractivity contribution >= 4 is 0 Å². The van der Waals surface area contributed by atoms with E-state index in [1.165, 1.54) is 0 Å². The Morgan fingerprint density at radius 1 is 1.44 bits per heavy atom. The van der Waals surface area contributed by atoms with E-state index in [9.17, 15) is 0 Å². The van der Waals surface area contributed by atoms with Crippen LogP contribution in [-0.2, 0) is 0 Å². The van der Waals surface area contributed by atoms with Crippen LogP contribution in [-0.4, -0.2) is 25.6 Å². The monoisotopic (exact) mass is 225 g/mol. The van der Waals surface area contributed by atoms with Crippen molar-refractivity contribution in [2.24, 2.45) is 5.73 Å². The molecule has 5 nitrogen and oxygen atoms in total. The zero-order chi connectivity index (χ0) is 11.5. The summed E-state index contributed by atoms with van der Waals surface area (Å²) < 4.78 is 15.8. The van der Waals surface area contributed by atoms with Crippen molar-refractivity contribution in [3.05, 3.63) is 17.7 Å². The molecule has 0 aliphatic carbocycles. The third-order valence-electron chi connectivity index (χ3n) is 2.56. The normalized spacial score (nSPS) is 14.9. The Morgan fingerprint density at radius 3 is 2.75 bits per heavy atom. The molecule has 0 amide bonds. The van der Waals surface area contributed by atoms with E-state index < -0.39 is 0 Å². The third-order valence-corrected chi connectivity index (χ3v) is 2.56. The van der Waals surface area contributed by atoms with Crippen molar-refractivity contribution < 1.29 is 19.3 Å². The third kappa shape index (κ3) is 1.91. The van der Waals surface area contributed by atoms with Crippen molar-refractivity contribution in [1.82, 2.24) is 0 Å². The molecule has 1 unspecified atom stereocenters. The fourth-order valence-corrected chi connectivity index (χ4v) is 1.70. The lowest BCUT2D eigenvalue weighted by atomic mass is 10.0. The number of benzene rings is 1. The number of hydrogen-bond donors (Lipinski definition) is 2. The van der Waals surface area contributed by atoms with Crippen LogP contribution < -0.4 is 19.9 Å². The summed E-state index contributed by atoms with van der Waals surface area (Å²) in [5.74, 6) is 1.99. The van der Waals surface area contributed by atoms with Gasteiger partial charge in [-0.2, -0.15) is 0 Å². The van der Waals surface area contributed by atoms with Gasteiger partial charge in [-0.25, -0.2) is 0 Å². The van der Waals surface area contributed by atoms with Gasteiger partial charge < -0.3 is 25.1 Å². The van der Waals surface area contributed by atoms with Gasteiger partial charge in [0.2, 0.25) is 6.79 Å². The summed E-state index contributed by atoms with van der Waals surface area (Å²) in [5, 5.41) is 8.88. The summed E-state index contributed by atoms with van der Waals surface area (Å²) in [6.07, 6.45) is 0.482. The number of rotatable bonds is 4. The second-order valence-electron chi connectivity index (χ2n) is 3.57. The van der Waals surface area contributed by atoms with Crippen LogP contribution in [0, 0.1) is 0 Å². The zero-order valence-electron chi connectivity index (χ0n) is 9.10. The van der Waals surface area contributed by atoms with E-state index in [0.717, 1.165) is 5.56 Å². The molecule has 1 aliphatic heterocycles. The highest BCUT2D eigenvalue weighted by Crippen LogP contribution is 2.40. The first kappa shape index (κ1) is 11.0. The van der Waals surface area contributed by atoms with Crippen LogP contribution in [0.4, 0.5) is 0 Å². The van der Waals surface area contributed by atoms with Gasteiger partial charge in [-0.1, -0.05) is 0 Å².